The molecule has 0 bridgehead atoms. The largest absolute Gasteiger partial charge is 0.441 e. The number of aromatic nitrogens is 1. The zero-order valence-corrected chi connectivity index (χ0v) is 18.7. The molecule has 6 heteroatoms. The molecule has 0 fully saturated rings. The van der Waals surface area contributed by atoms with Crippen molar-refractivity contribution in [2.75, 3.05) is 30.8 Å². The summed E-state index contributed by atoms with van der Waals surface area (Å²) < 4.78 is 5.81. The van der Waals surface area contributed by atoms with Crippen LogP contribution in [0.1, 0.15) is 23.4 Å². The van der Waals surface area contributed by atoms with E-state index < -0.39 is 0 Å². The number of aryl methyl sites for hydroxylation is 2. The van der Waals surface area contributed by atoms with Gasteiger partial charge in [0.1, 0.15) is 5.76 Å². The average molecular weight is 424 g/mol. The molecule has 2 aromatic carbocycles. The molecule has 3 aromatic rings. The number of nitrogens with one attached hydrogen (secondary N) is 1. The quantitative estimate of drug-likeness (QED) is 0.473. The van der Waals surface area contributed by atoms with Crippen LogP contribution in [-0.2, 0) is 10.5 Å². The summed E-state index contributed by atoms with van der Waals surface area (Å²) in [4.78, 5) is 18.9. The first-order valence-electron chi connectivity index (χ1n) is 10.2. The molecule has 0 saturated carbocycles. The highest BCUT2D eigenvalue weighted by molar-refractivity contribution is 7.99. The minimum absolute atomic E-state index is 0.0577. The predicted octanol–water partition coefficient (Wildman–Crippen LogP) is 4.83. The molecule has 1 N–H and O–H groups in total. The highest BCUT2D eigenvalue weighted by Gasteiger charge is 2.12. The van der Waals surface area contributed by atoms with Gasteiger partial charge in [-0.1, -0.05) is 35.9 Å². The van der Waals surface area contributed by atoms with Crippen molar-refractivity contribution in [1.82, 2.24) is 10.3 Å². The Morgan fingerprint density at radius 3 is 2.57 bits per heavy atom. The van der Waals surface area contributed by atoms with Crippen LogP contribution in [0, 0.1) is 13.8 Å². The van der Waals surface area contributed by atoms with Crippen molar-refractivity contribution in [2.24, 2.45) is 0 Å². The summed E-state index contributed by atoms with van der Waals surface area (Å²) in [5, 5.41) is 3.00. The van der Waals surface area contributed by atoms with Gasteiger partial charge in [0.05, 0.1) is 11.4 Å². The summed E-state index contributed by atoms with van der Waals surface area (Å²) >= 11 is 1.56. The van der Waals surface area contributed by atoms with Crippen molar-refractivity contribution in [3.8, 4) is 11.5 Å². The van der Waals surface area contributed by atoms with E-state index in [-0.39, 0.29) is 5.91 Å². The van der Waals surface area contributed by atoms with Crippen molar-refractivity contribution in [1.29, 1.82) is 0 Å². The molecule has 0 unspecified atom stereocenters. The van der Waals surface area contributed by atoms with Crippen LogP contribution in [0.5, 0.6) is 0 Å². The number of benzene rings is 2. The predicted molar refractivity (Wildman–Crippen MR) is 125 cm³/mol. The molecule has 30 heavy (non-hydrogen) atoms. The molecule has 0 spiro atoms. The second kappa shape index (κ2) is 10.9. The van der Waals surface area contributed by atoms with Crippen molar-refractivity contribution in [3.63, 3.8) is 0 Å². The third kappa shape index (κ3) is 6.39. The summed E-state index contributed by atoms with van der Waals surface area (Å²) in [5.41, 5.74) is 4.26. The standard InChI is InChI=1S/C24H29N3O2S/c1-18-10-12-20(13-11-18)24-26-22(19(2)29-24)16-30-17-23(28)25-14-7-15-27(3)21-8-5-4-6-9-21/h4-6,8-13H,7,14-17H2,1-3H3,(H,25,28). The van der Waals surface area contributed by atoms with Crippen LogP contribution in [0.2, 0.25) is 0 Å². The van der Waals surface area contributed by atoms with Gasteiger partial charge in [0, 0.05) is 37.1 Å². The Balaban J connectivity index is 1.36. The Kier molecular flexibility index (Phi) is 7.97. The highest BCUT2D eigenvalue weighted by Crippen LogP contribution is 2.24. The maximum Gasteiger partial charge on any atom is 0.230 e. The molecule has 5 nitrogen and oxygen atoms in total. The Hall–Kier alpha value is -2.73. The third-order valence-corrected chi connectivity index (χ3v) is 5.80. The summed E-state index contributed by atoms with van der Waals surface area (Å²) in [6.45, 7) is 5.55. The Labute approximate surface area is 182 Å². The lowest BCUT2D eigenvalue weighted by atomic mass is 10.1. The molecular formula is C24H29N3O2S. The fourth-order valence-electron chi connectivity index (χ4n) is 3.03. The molecule has 0 aliphatic heterocycles. The molecule has 158 valence electrons. The molecule has 3 rings (SSSR count). The molecule has 0 saturated heterocycles. The topological polar surface area (TPSA) is 58.4 Å². The lowest BCUT2D eigenvalue weighted by molar-refractivity contribution is -0.118. The summed E-state index contributed by atoms with van der Waals surface area (Å²) in [7, 11) is 2.07. The zero-order valence-electron chi connectivity index (χ0n) is 17.9. The Bertz CT molecular complexity index is 939. The number of para-hydroxylation sites is 1. The van der Waals surface area contributed by atoms with E-state index in [4.69, 9.17) is 4.42 Å². The fraction of sp³-hybridized carbons (Fsp3) is 0.333. The molecular weight excluding hydrogens is 394 g/mol. The first-order valence-corrected chi connectivity index (χ1v) is 11.3. The SMILES string of the molecule is Cc1ccc(-c2nc(CSCC(=O)NCCCN(C)c3ccccc3)c(C)o2)cc1. The van der Waals surface area contributed by atoms with E-state index >= 15 is 0 Å². The molecule has 1 amide bonds. The van der Waals surface area contributed by atoms with Crippen LogP contribution in [0.15, 0.2) is 59.0 Å². The number of rotatable bonds is 10. The van der Waals surface area contributed by atoms with E-state index in [1.54, 1.807) is 11.8 Å². The van der Waals surface area contributed by atoms with Crippen LogP contribution < -0.4 is 10.2 Å². The van der Waals surface area contributed by atoms with Crippen molar-refractivity contribution in [3.05, 3.63) is 71.6 Å². The number of nitrogens with zero attached hydrogens (tertiary/aromatic N) is 2. The molecule has 1 aromatic heterocycles. The lowest BCUT2D eigenvalue weighted by Gasteiger charge is -2.19. The van der Waals surface area contributed by atoms with E-state index in [0.717, 1.165) is 30.0 Å². The van der Waals surface area contributed by atoms with Gasteiger partial charge in [-0.2, -0.15) is 0 Å². The Morgan fingerprint density at radius 1 is 1.10 bits per heavy atom. The minimum atomic E-state index is 0.0577. The monoisotopic (exact) mass is 423 g/mol. The second-order valence-electron chi connectivity index (χ2n) is 7.34. The van der Waals surface area contributed by atoms with Gasteiger partial charge in [-0.3, -0.25) is 4.79 Å². The number of carbonyl (C=O) groups excluding carboxylic acids is 1. The number of carbonyl (C=O) groups is 1. The number of hydrogen-bond donors (Lipinski definition) is 1. The van der Waals surface area contributed by atoms with Crippen LogP contribution >= 0.6 is 11.8 Å². The number of anilines is 1. The highest BCUT2D eigenvalue weighted by atomic mass is 32.2. The molecule has 0 radical (unpaired) electrons. The maximum atomic E-state index is 12.1. The van der Waals surface area contributed by atoms with Crippen LogP contribution in [0.25, 0.3) is 11.5 Å². The Morgan fingerprint density at radius 2 is 1.83 bits per heavy atom. The smallest absolute Gasteiger partial charge is 0.230 e. The van der Waals surface area contributed by atoms with Gasteiger partial charge < -0.3 is 14.6 Å². The zero-order chi connectivity index (χ0) is 21.3. The van der Waals surface area contributed by atoms with E-state index in [9.17, 15) is 4.79 Å². The molecule has 0 atom stereocenters. The van der Waals surface area contributed by atoms with Gasteiger partial charge in [-0.05, 0) is 44.5 Å². The van der Waals surface area contributed by atoms with Gasteiger partial charge in [-0.15, -0.1) is 11.8 Å². The first-order chi connectivity index (χ1) is 14.5. The third-order valence-electron chi connectivity index (χ3n) is 4.85. The van der Waals surface area contributed by atoms with E-state index in [2.05, 4.69) is 41.3 Å². The van der Waals surface area contributed by atoms with E-state index in [0.29, 0.717) is 23.9 Å². The lowest BCUT2D eigenvalue weighted by Crippen LogP contribution is -2.29. The van der Waals surface area contributed by atoms with Gasteiger partial charge >= 0.3 is 0 Å². The van der Waals surface area contributed by atoms with Gasteiger partial charge in [0.15, 0.2) is 0 Å². The van der Waals surface area contributed by atoms with Crippen molar-refractivity contribution < 1.29 is 9.21 Å². The van der Waals surface area contributed by atoms with Crippen LogP contribution in [0.4, 0.5) is 5.69 Å². The summed E-state index contributed by atoms with van der Waals surface area (Å²) in [6.07, 6.45) is 0.907. The molecule has 0 aliphatic carbocycles. The maximum absolute atomic E-state index is 12.1. The number of hydrogen-bond acceptors (Lipinski definition) is 5. The number of amides is 1. The van der Waals surface area contributed by atoms with E-state index in [1.165, 1.54) is 11.3 Å². The first kappa shape index (κ1) is 22.0. The van der Waals surface area contributed by atoms with Gasteiger partial charge in [0.25, 0.3) is 0 Å². The van der Waals surface area contributed by atoms with E-state index in [1.807, 2.05) is 49.4 Å². The van der Waals surface area contributed by atoms with Crippen LogP contribution in [-0.4, -0.2) is 36.8 Å². The molecule has 1 heterocycles. The number of oxazole rings is 1. The van der Waals surface area contributed by atoms with Crippen molar-refractivity contribution >= 4 is 23.4 Å². The van der Waals surface area contributed by atoms with Crippen molar-refractivity contribution in [2.45, 2.75) is 26.0 Å². The summed E-state index contributed by atoms with van der Waals surface area (Å²) in [6, 6.07) is 18.4. The van der Waals surface area contributed by atoms with Gasteiger partial charge in [-0.25, -0.2) is 4.98 Å². The van der Waals surface area contributed by atoms with Crippen LogP contribution in [0.3, 0.4) is 0 Å². The summed E-state index contributed by atoms with van der Waals surface area (Å²) in [5.74, 6) is 2.58. The average Bonchev–Trinajstić information content (AvgIpc) is 3.12. The fourth-order valence-corrected chi connectivity index (χ4v) is 3.88. The van der Waals surface area contributed by atoms with Gasteiger partial charge in [0.2, 0.25) is 11.8 Å². The number of thioether (sulfide) groups is 1. The normalized spacial score (nSPS) is 10.8. The molecule has 0 aliphatic rings. The second-order valence-corrected chi connectivity index (χ2v) is 8.33. The minimum Gasteiger partial charge on any atom is -0.441 e.